The Balaban J connectivity index is 1.83. The molecule has 206 valence electrons. The fourth-order valence-electron chi connectivity index (χ4n) is 3.51. The molecule has 1 aliphatic heterocycles. The summed E-state index contributed by atoms with van der Waals surface area (Å²) in [6.45, 7) is 4.30. The quantitative estimate of drug-likeness (QED) is 0.175. The predicted octanol–water partition coefficient (Wildman–Crippen LogP) is 0.683. The molecule has 1 fully saturated rings. The van der Waals surface area contributed by atoms with Crippen LogP contribution < -0.4 is 20.9 Å². The number of carbonyl (C=O) groups is 1. The van der Waals surface area contributed by atoms with E-state index in [-0.39, 0.29) is 11.9 Å². The summed E-state index contributed by atoms with van der Waals surface area (Å²) >= 11 is 0. The summed E-state index contributed by atoms with van der Waals surface area (Å²) < 4.78 is 36.5. The van der Waals surface area contributed by atoms with Crippen LogP contribution in [0.3, 0.4) is 0 Å². The molecule has 0 radical (unpaired) electrons. The van der Waals surface area contributed by atoms with E-state index in [0.717, 1.165) is 16.8 Å². The van der Waals surface area contributed by atoms with Crippen molar-refractivity contribution in [3.8, 4) is 18.1 Å². The highest BCUT2D eigenvalue weighted by atomic mass is 31.2. The van der Waals surface area contributed by atoms with Crippen molar-refractivity contribution in [2.75, 3.05) is 6.61 Å². The number of carbonyl (C=O) groups excluding carboxylic acids is 1. The van der Waals surface area contributed by atoms with Crippen LogP contribution in [-0.2, 0) is 23.4 Å². The minimum Gasteiger partial charge on any atom is -0.462 e. The van der Waals surface area contributed by atoms with Crippen LogP contribution in [0.2, 0.25) is 0 Å². The third-order valence-corrected chi connectivity index (χ3v) is 7.44. The van der Waals surface area contributed by atoms with Crippen LogP contribution in [0.4, 0.5) is 0 Å². The zero-order valence-electron chi connectivity index (χ0n) is 21.0. The van der Waals surface area contributed by atoms with Crippen LogP contribution in [0.25, 0.3) is 0 Å². The van der Waals surface area contributed by atoms with Crippen LogP contribution in [0, 0.1) is 12.3 Å². The fraction of sp³-hybridized carbons (Fsp3) is 0.458. The number of ether oxygens (including phenoxy) is 2. The highest BCUT2D eigenvalue weighted by Crippen LogP contribution is 2.46. The van der Waals surface area contributed by atoms with Gasteiger partial charge >= 0.3 is 19.4 Å². The van der Waals surface area contributed by atoms with Gasteiger partial charge in [-0.05, 0) is 32.4 Å². The first-order valence-corrected chi connectivity index (χ1v) is 13.3. The van der Waals surface area contributed by atoms with Crippen LogP contribution in [-0.4, -0.2) is 62.3 Å². The van der Waals surface area contributed by atoms with Gasteiger partial charge in [-0.1, -0.05) is 31.0 Å². The van der Waals surface area contributed by atoms with Gasteiger partial charge in [0, 0.05) is 12.3 Å². The largest absolute Gasteiger partial charge is 0.462 e. The molecule has 7 atom stereocenters. The minimum absolute atomic E-state index is 0.150. The number of rotatable bonds is 11. The number of aliphatic hydroxyl groups is 2. The Morgan fingerprint density at radius 2 is 2.00 bits per heavy atom. The normalized spacial score (nSPS) is 26.1. The third kappa shape index (κ3) is 6.60. The Morgan fingerprint density at radius 1 is 1.32 bits per heavy atom. The van der Waals surface area contributed by atoms with Crippen LogP contribution in [0.5, 0.6) is 5.75 Å². The number of para-hydroxylation sites is 1. The summed E-state index contributed by atoms with van der Waals surface area (Å²) in [5.41, 5.74) is -4.06. The summed E-state index contributed by atoms with van der Waals surface area (Å²) in [6.07, 6.45) is 1.85. The molecule has 1 aromatic carbocycles. The summed E-state index contributed by atoms with van der Waals surface area (Å²) in [6, 6.07) is 7.87. The van der Waals surface area contributed by atoms with Crippen LogP contribution in [0.1, 0.15) is 33.4 Å². The lowest BCUT2D eigenvalue weighted by atomic mass is 9.95. The molecule has 14 heteroatoms. The molecule has 3 rings (SSSR count). The number of nitrogens with one attached hydrogen (secondary N) is 2. The molecule has 0 saturated carbocycles. The second-order valence-electron chi connectivity index (χ2n) is 8.66. The van der Waals surface area contributed by atoms with E-state index in [4.69, 9.17) is 24.9 Å². The van der Waals surface area contributed by atoms with Gasteiger partial charge in [0.05, 0.1) is 12.7 Å². The Labute approximate surface area is 218 Å². The lowest BCUT2D eigenvalue weighted by Gasteiger charge is -2.26. The number of aliphatic hydroxyl groups excluding tert-OH is 1. The summed E-state index contributed by atoms with van der Waals surface area (Å²) in [4.78, 5) is 38.1. The van der Waals surface area contributed by atoms with E-state index >= 15 is 0 Å². The highest BCUT2D eigenvalue weighted by molar-refractivity contribution is 7.52. The number of hydrogen-bond donors (Lipinski definition) is 4. The molecule has 1 unspecified atom stereocenters. The van der Waals surface area contributed by atoms with Crippen molar-refractivity contribution in [1.82, 2.24) is 14.6 Å². The number of aromatic nitrogens is 2. The summed E-state index contributed by atoms with van der Waals surface area (Å²) in [5, 5.41) is 24.2. The lowest BCUT2D eigenvalue weighted by molar-refractivity contribution is -0.150. The highest BCUT2D eigenvalue weighted by Gasteiger charge is 2.56. The van der Waals surface area contributed by atoms with Gasteiger partial charge in [0.1, 0.15) is 24.0 Å². The van der Waals surface area contributed by atoms with Gasteiger partial charge in [0.2, 0.25) is 0 Å². The predicted molar refractivity (Wildman–Crippen MR) is 134 cm³/mol. The molecule has 0 spiro atoms. The van der Waals surface area contributed by atoms with Gasteiger partial charge in [-0.25, -0.2) is 9.36 Å². The number of hydrogen-bond acceptors (Lipinski definition) is 10. The van der Waals surface area contributed by atoms with E-state index in [1.807, 2.05) is 17.8 Å². The topological polar surface area (TPSA) is 178 Å². The van der Waals surface area contributed by atoms with Crippen molar-refractivity contribution in [2.24, 2.45) is 0 Å². The van der Waals surface area contributed by atoms with Crippen molar-refractivity contribution >= 4 is 13.7 Å². The number of aromatic amines is 1. The van der Waals surface area contributed by atoms with Crippen LogP contribution in [0.15, 0.2) is 52.2 Å². The average Bonchev–Trinajstić information content (AvgIpc) is 3.13. The molecule has 13 nitrogen and oxygen atoms in total. The van der Waals surface area contributed by atoms with E-state index < -0.39 is 61.7 Å². The number of terminal acetylenes is 1. The number of esters is 1. The smallest absolute Gasteiger partial charge is 0.459 e. The van der Waals surface area contributed by atoms with Gasteiger partial charge in [-0.3, -0.25) is 23.7 Å². The maximum Gasteiger partial charge on any atom is 0.459 e. The first kappa shape index (κ1) is 29.3. The zero-order chi connectivity index (χ0) is 28.1. The maximum atomic E-state index is 13.7. The average molecular weight is 551 g/mol. The third-order valence-electron chi connectivity index (χ3n) is 5.79. The number of benzene rings is 1. The van der Waals surface area contributed by atoms with Gasteiger partial charge in [0.15, 0.2) is 11.8 Å². The van der Waals surface area contributed by atoms with E-state index in [1.54, 1.807) is 25.1 Å². The second-order valence-corrected chi connectivity index (χ2v) is 10.4. The van der Waals surface area contributed by atoms with Crippen molar-refractivity contribution in [3.63, 3.8) is 0 Å². The van der Waals surface area contributed by atoms with Gasteiger partial charge in [-0.2, -0.15) is 5.09 Å². The molecule has 1 aromatic heterocycles. The maximum absolute atomic E-state index is 13.7. The molecule has 4 N–H and O–H groups in total. The first-order valence-electron chi connectivity index (χ1n) is 11.7. The molecular weight excluding hydrogens is 521 g/mol. The molecule has 2 aromatic rings. The Bertz CT molecular complexity index is 1320. The van der Waals surface area contributed by atoms with Gasteiger partial charge in [-0.15, -0.1) is 6.42 Å². The second kappa shape index (κ2) is 12.1. The summed E-state index contributed by atoms with van der Waals surface area (Å²) in [7, 11) is -4.33. The Morgan fingerprint density at radius 3 is 2.61 bits per heavy atom. The molecule has 0 amide bonds. The van der Waals surface area contributed by atoms with Gasteiger partial charge < -0.3 is 24.2 Å². The Kier molecular flexibility index (Phi) is 9.32. The minimum atomic E-state index is -4.33. The zero-order valence-corrected chi connectivity index (χ0v) is 21.9. The van der Waals surface area contributed by atoms with Crippen molar-refractivity contribution in [2.45, 2.75) is 63.4 Å². The molecule has 1 saturated heterocycles. The molecule has 1 aliphatic rings. The fourth-order valence-corrected chi connectivity index (χ4v) is 5.01. The van der Waals surface area contributed by atoms with Crippen LogP contribution >= 0.6 is 7.75 Å². The monoisotopic (exact) mass is 551 g/mol. The van der Waals surface area contributed by atoms with Gasteiger partial charge in [0.25, 0.3) is 5.56 Å². The van der Waals surface area contributed by atoms with Crippen molar-refractivity contribution in [1.29, 1.82) is 0 Å². The SMILES string of the molecule is C#C[C@@]1(O)[C@H](O)[C@@H](COP(=O)(N[C@@H](C)C(=O)O[C@@H](C)CC)Oc2ccccc2)O[C@H]1n1ccc(=O)[nH]c1=O. The molecule has 2 heterocycles. The van der Waals surface area contributed by atoms with E-state index in [2.05, 4.69) is 5.09 Å². The molecule has 0 bridgehead atoms. The standard InChI is InChI=1S/C24H30N3O10P/c1-5-15(3)35-21(30)16(4)26-38(33,37-17-10-8-7-9-11-17)34-14-18-20(29)24(32,6-2)22(36-18)27-13-12-19(28)25-23(27)31/h2,7-13,15-16,18,20,22,29,32H,5,14H2,1,3-4H3,(H,26,33)(H,25,28,31)/t15-,16-,18+,20+,22+,24+,38?/m0/s1. The number of H-pyrrole nitrogens is 1. The first-order chi connectivity index (χ1) is 17.9. The number of nitrogens with zero attached hydrogens (tertiary/aromatic N) is 1. The van der Waals surface area contributed by atoms with E-state index in [0.29, 0.717) is 6.42 Å². The molecule has 0 aliphatic carbocycles. The Hall–Kier alpha value is -3.24. The molecule has 38 heavy (non-hydrogen) atoms. The van der Waals surface area contributed by atoms with E-state index in [9.17, 15) is 29.2 Å². The lowest BCUT2D eigenvalue weighted by Crippen LogP contribution is -2.48. The molecular formula is C24H30N3O10P. The van der Waals surface area contributed by atoms with E-state index in [1.165, 1.54) is 19.1 Å². The summed E-state index contributed by atoms with van der Waals surface area (Å²) in [5.74, 6) is 1.47. The van der Waals surface area contributed by atoms with Crippen molar-refractivity contribution in [3.05, 3.63) is 63.4 Å². The van der Waals surface area contributed by atoms with Crippen molar-refractivity contribution < 1.29 is 38.1 Å².